The number of anilines is 1. The average molecular weight is 283 g/mol. The number of hydrogen-bond donors (Lipinski definition) is 1. The van der Waals surface area contributed by atoms with E-state index in [0.29, 0.717) is 11.3 Å². The Hall–Kier alpha value is -2.29. The number of para-hydroxylation sites is 1. The maximum Gasteiger partial charge on any atom is 0.259 e. The molecule has 1 amide bonds. The molecule has 0 fully saturated rings. The summed E-state index contributed by atoms with van der Waals surface area (Å²) < 4.78 is 5.70. The number of amides is 1. The third-order valence-corrected chi connectivity index (χ3v) is 3.14. The highest BCUT2D eigenvalue weighted by atomic mass is 16.5. The van der Waals surface area contributed by atoms with Gasteiger partial charge in [0.25, 0.3) is 5.91 Å². The van der Waals surface area contributed by atoms with Crippen LogP contribution in [0.1, 0.15) is 35.3 Å². The van der Waals surface area contributed by atoms with Crippen LogP contribution in [0.3, 0.4) is 0 Å². The number of carbonyl (C=O) groups excluding carboxylic acids is 1. The van der Waals surface area contributed by atoms with Crippen LogP contribution in [0.4, 0.5) is 5.69 Å². The van der Waals surface area contributed by atoms with Gasteiger partial charge in [-0.15, -0.1) is 0 Å². The van der Waals surface area contributed by atoms with E-state index >= 15 is 0 Å². The maximum atomic E-state index is 12.5. The molecule has 0 bridgehead atoms. The highest BCUT2D eigenvalue weighted by Crippen LogP contribution is 2.22. The first-order valence-corrected chi connectivity index (χ1v) is 7.11. The monoisotopic (exact) mass is 283 g/mol. The lowest BCUT2D eigenvalue weighted by molar-refractivity contribution is 0.102. The molecule has 3 heteroatoms. The predicted molar refractivity (Wildman–Crippen MR) is 86.1 cm³/mol. The van der Waals surface area contributed by atoms with Gasteiger partial charge >= 0.3 is 0 Å². The SMILES string of the molecule is Cc1ccc(C)c(NC(=O)c2ccccc2OC(C)C)c1. The highest BCUT2D eigenvalue weighted by Gasteiger charge is 2.14. The van der Waals surface area contributed by atoms with Gasteiger partial charge in [-0.1, -0.05) is 24.3 Å². The van der Waals surface area contributed by atoms with E-state index in [1.807, 2.05) is 64.1 Å². The molecule has 3 nitrogen and oxygen atoms in total. The van der Waals surface area contributed by atoms with Crippen LogP contribution in [0.2, 0.25) is 0 Å². The Kier molecular flexibility index (Phi) is 4.63. The lowest BCUT2D eigenvalue weighted by Crippen LogP contribution is -2.16. The fourth-order valence-corrected chi connectivity index (χ4v) is 2.07. The maximum absolute atomic E-state index is 12.5. The Morgan fingerprint density at radius 1 is 1.10 bits per heavy atom. The van der Waals surface area contributed by atoms with Crippen LogP contribution < -0.4 is 10.1 Å². The van der Waals surface area contributed by atoms with Crippen LogP contribution in [0.25, 0.3) is 0 Å². The van der Waals surface area contributed by atoms with Gasteiger partial charge in [-0.05, 0) is 57.0 Å². The Bertz CT molecular complexity index is 647. The normalized spacial score (nSPS) is 10.5. The summed E-state index contributed by atoms with van der Waals surface area (Å²) in [4.78, 5) is 12.5. The predicted octanol–water partition coefficient (Wildman–Crippen LogP) is 4.34. The minimum absolute atomic E-state index is 0.0275. The molecule has 2 aromatic carbocycles. The minimum atomic E-state index is -0.153. The molecular weight excluding hydrogens is 262 g/mol. The Balaban J connectivity index is 2.26. The summed E-state index contributed by atoms with van der Waals surface area (Å²) in [5.41, 5.74) is 3.53. The third kappa shape index (κ3) is 3.85. The molecule has 0 aliphatic carbocycles. The Morgan fingerprint density at radius 3 is 2.52 bits per heavy atom. The van der Waals surface area contributed by atoms with Crippen LogP contribution in [0, 0.1) is 13.8 Å². The molecule has 21 heavy (non-hydrogen) atoms. The zero-order valence-corrected chi connectivity index (χ0v) is 12.9. The molecule has 0 saturated carbocycles. The summed E-state index contributed by atoms with van der Waals surface area (Å²) in [6.45, 7) is 7.87. The van der Waals surface area contributed by atoms with Crippen LogP contribution >= 0.6 is 0 Å². The summed E-state index contributed by atoms with van der Waals surface area (Å²) in [5, 5.41) is 2.96. The van der Waals surface area contributed by atoms with Gasteiger partial charge in [-0.2, -0.15) is 0 Å². The molecule has 0 unspecified atom stereocenters. The van der Waals surface area contributed by atoms with Crippen LogP contribution in [-0.2, 0) is 0 Å². The number of aryl methyl sites for hydroxylation is 2. The second-order valence-corrected chi connectivity index (χ2v) is 5.44. The molecule has 0 heterocycles. The van der Waals surface area contributed by atoms with Crippen molar-refractivity contribution in [1.29, 1.82) is 0 Å². The molecule has 0 aliphatic heterocycles. The molecule has 0 saturated heterocycles. The van der Waals surface area contributed by atoms with Crippen LogP contribution in [-0.4, -0.2) is 12.0 Å². The van der Waals surface area contributed by atoms with E-state index < -0.39 is 0 Å². The molecule has 1 N–H and O–H groups in total. The highest BCUT2D eigenvalue weighted by molar-refractivity contribution is 6.06. The van der Waals surface area contributed by atoms with Crippen molar-refractivity contribution in [2.75, 3.05) is 5.32 Å². The van der Waals surface area contributed by atoms with Gasteiger partial charge in [0.15, 0.2) is 0 Å². The number of nitrogens with one attached hydrogen (secondary N) is 1. The smallest absolute Gasteiger partial charge is 0.259 e. The molecule has 2 aromatic rings. The van der Waals surface area contributed by atoms with Gasteiger partial charge < -0.3 is 10.1 Å². The molecule has 0 aromatic heterocycles. The molecule has 2 rings (SSSR count). The van der Waals surface area contributed by atoms with Gasteiger partial charge in [0.2, 0.25) is 0 Å². The van der Waals surface area contributed by atoms with Crippen molar-refractivity contribution in [3.05, 3.63) is 59.2 Å². The van der Waals surface area contributed by atoms with Crippen molar-refractivity contribution in [2.45, 2.75) is 33.8 Å². The summed E-state index contributed by atoms with van der Waals surface area (Å²) in [7, 11) is 0. The summed E-state index contributed by atoms with van der Waals surface area (Å²) in [6.07, 6.45) is 0.0275. The molecule has 110 valence electrons. The third-order valence-electron chi connectivity index (χ3n) is 3.14. The fraction of sp³-hybridized carbons (Fsp3) is 0.278. The van der Waals surface area contributed by atoms with Crippen molar-refractivity contribution in [3.63, 3.8) is 0 Å². The van der Waals surface area contributed by atoms with Crippen LogP contribution in [0.15, 0.2) is 42.5 Å². The van der Waals surface area contributed by atoms with Gasteiger partial charge in [-0.25, -0.2) is 0 Å². The van der Waals surface area contributed by atoms with E-state index in [1.54, 1.807) is 6.07 Å². The second-order valence-electron chi connectivity index (χ2n) is 5.44. The molecule has 0 spiro atoms. The van der Waals surface area contributed by atoms with Gasteiger partial charge in [0, 0.05) is 5.69 Å². The number of benzene rings is 2. The zero-order chi connectivity index (χ0) is 15.4. The lowest BCUT2D eigenvalue weighted by atomic mass is 10.1. The summed E-state index contributed by atoms with van der Waals surface area (Å²) in [6, 6.07) is 13.3. The molecule has 0 aliphatic rings. The molecule has 0 atom stereocenters. The summed E-state index contributed by atoms with van der Waals surface area (Å²) in [5.74, 6) is 0.454. The zero-order valence-electron chi connectivity index (χ0n) is 12.9. The Labute approximate surface area is 126 Å². The molecule has 0 radical (unpaired) electrons. The van der Waals surface area contributed by atoms with E-state index in [2.05, 4.69) is 5.32 Å². The van der Waals surface area contributed by atoms with E-state index in [-0.39, 0.29) is 12.0 Å². The van der Waals surface area contributed by atoms with Crippen molar-refractivity contribution < 1.29 is 9.53 Å². The number of hydrogen-bond acceptors (Lipinski definition) is 2. The minimum Gasteiger partial charge on any atom is -0.490 e. The van der Waals surface area contributed by atoms with Crippen molar-refractivity contribution in [3.8, 4) is 5.75 Å². The van der Waals surface area contributed by atoms with E-state index in [1.165, 1.54) is 0 Å². The van der Waals surface area contributed by atoms with Crippen LogP contribution in [0.5, 0.6) is 5.75 Å². The van der Waals surface area contributed by atoms with Crippen molar-refractivity contribution in [1.82, 2.24) is 0 Å². The number of ether oxygens (including phenoxy) is 1. The van der Waals surface area contributed by atoms with Gasteiger partial charge in [-0.3, -0.25) is 4.79 Å². The standard InChI is InChI=1S/C18H21NO2/c1-12(2)21-17-8-6-5-7-15(17)18(20)19-16-11-13(3)9-10-14(16)4/h5-12H,1-4H3,(H,19,20). The number of carbonyl (C=O) groups is 1. The summed E-state index contributed by atoms with van der Waals surface area (Å²) >= 11 is 0. The van der Waals surface area contributed by atoms with Crippen molar-refractivity contribution in [2.24, 2.45) is 0 Å². The lowest BCUT2D eigenvalue weighted by Gasteiger charge is -2.15. The second kappa shape index (κ2) is 6.44. The first kappa shape index (κ1) is 15.1. The number of rotatable bonds is 4. The first-order valence-electron chi connectivity index (χ1n) is 7.11. The Morgan fingerprint density at radius 2 is 1.81 bits per heavy atom. The van der Waals surface area contributed by atoms with Crippen molar-refractivity contribution >= 4 is 11.6 Å². The van der Waals surface area contributed by atoms with E-state index in [4.69, 9.17) is 4.74 Å². The average Bonchev–Trinajstić information content (AvgIpc) is 2.42. The van der Waals surface area contributed by atoms with E-state index in [0.717, 1.165) is 16.8 Å². The topological polar surface area (TPSA) is 38.3 Å². The molecular formula is C18H21NO2. The fourth-order valence-electron chi connectivity index (χ4n) is 2.07. The van der Waals surface area contributed by atoms with Gasteiger partial charge in [0.1, 0.15) is 5.75 Å². The quantitative estimate of drug-likeness (QED) is 0.906. The van der Waals surface area contributed by atoms with E-state index in [9.17, 15) is 4.79 Å². The largest absolute Gasteiger partial charge is 0.490 e. The van der Waals surface area contributed by atoms with Gasteiger partial charge in [0.05, 0.1) is 11.7 Å². The first-order chi connectivity index (χ1) is 9.97.